The number of esters is 1. The molecular weight excluding hydrogens is 298 g/mol. The van der Waals surface area contributed by atoms with Crippen molar-refractivity contribution in [2.45, 2.75) is 24.2 Å². The molecule has 2 rings (SSSR count). The quantitative estimate of drug-likeness (QED) is 0.274. The summed E-state index contributed by atoms with van der Waals surface area (Å²) < 4.78 is 4.59. The second-order valence-electron chi connectivity index (χ2n) is 4.89. The molecule has 5 heteroatoms. The monoisotopic (exact) mass is 317 g/mol. The molecular formula is C17H19NO3S. The van der Waals surface area contributed by atoms with Gasteiger partial charge in [-0.2, -0.15) is 0 Å². The summed E-state index contributed by atoms with van der Waals surface area (Å²) in [7, 11) is 1.37. The standard InChI is InChI=1S/C17H19NO3S/c1-21-17(19)8-4-7-15(18-20)12-22-16-10-9-13-5-2-3-6-14(13)11-16/h2-3,5-6,9-11,20H,4,7-8,12H2,1H3/b18-15+. The van der Waals surface area contributed by atoms with Crippen molar-refractivity contribution in [3.8, 4) is 0 Å². The van der Waals surface area contributed by atoms with E-state index < -0.39 is 0 Å². The van der Waals surface area contributed by atoms with Gasteiger partial charge >= 0.3 is 5.97 Å². The maximum absolute atomic E-state index is 11.1. The van der Waals surface area contributed by atoms with Crippen molar-refractivity contribution >= 4 is 34.2 Å². The summed E-state index contributed by atoms with van der Waals surface area (Å²) in [6, 6.07) is 14.5. The van der Waals surface area contributed by atoms with Gasteiger partial charge in [-0.15, -0.1) is 11.8 Å². The Kier molecular flexibility index (Phi) is 6.27. The van der Waals surface area contributed by atoms with E-state index in [9.17, 15) is 4.79 Å². The first-order valence-electron chi connectivity index (χ1n) is 7.11. The first-order valence-corrected chi connectivity index (χ1v) is 8.09. The smallest absolute Gasteiger partial charge is 0.305 e. The maximum Gasteiger partial charge on any atom is 0.305 e. The average molecular weight is 317 g/mol. The first-order chi connectivity index (χ1) is 10.7. The van der Waals surface area contributed by atoms with Crippen LogP contribution < -0.4 is 0 Å². The van der Waals surface area contributed by atoms with E-state index in [1.807, 2.05) is 12.1 Å². The SMILES string of the molecule is COC(=O)CCC/C(CSc1ccc2ccccc2c1)=N\O. The van der Waals surface area contributed by atoms with Crippen LogP contribution in [-0.4, -0.2) is 29.8 Å². The fraction of sp³-hybridized carbons (Fsp3) is 0.294. The molecule has 0 radical (unpaired) electrons. The number of nitrogens with zero attached hydrogens (tertiary/aromatic N) is 1. The van der Waals surface area contributed by atoms with Crippen LogP contribution in [0.15, 0.2) is 52.5 Å². The number of thioether (sulfide) groups is 1. The van der Waals surface area contributed by atoms with E-state index in [1.165, 1.54) is 17.9 Å². The predicted octanol–water partition coefficient (Wildman–Crippen LogP) is 4.11. The van der Waals surface area contributed by atoms with Crippen LogP contribution in [0.2, 0.25) is 0 Å². The van der Waals surface area contributed by atoms with Gasteiger partial charge in [0, 0.05) is 17.1 Å². The fourth-order valence-electron chi connectivity index (χ4n) is 2.11. The minimum absolute atomic E-state index is 0.237. The van der Waals surface area contributed by atoms with E-state index in [0.717, 1.165) is 4.90 Å². The molecule has 0 heterocycles. The van der Waals surface area contributed by atoms with Crippen LogP contribution in [0.1, 0.15) is 19.3 Å². The molecule has 0 bridgehead atoms. The van der Waals surface area contributed by atoms with Gasteiger partial charge in [0.05, 0.1) is 12.8 Å². The molecule has 1 N–H and O–H groups in total. The Morgan fingerprint density at radius 2 is 1.95 bits per heavy atom. The van der Waals surface area contributed by atoms with Gasteiger partial charge in [-0.05, 0) is 35.7 Å². The average Bonchev–Trinajstić information content (AvgIpc) is 2.57. The highest BCUT2D eigenvalue weighted by atomic mass is 32.2. The molecule has 0 aromatic heterocycles. The minimum atomic E-state index is -0.237. The number of ether oxygens (including phenoxy) is 1. The number of methoxy groups -OCH3 is 1. The third kappa shape index (κ3) is 4.77. The lowest BCUT2D eigenvalue weighted by Crippen LogP contribution is -2.05. The summed E-state index contributed by atoms with van der Waals surface area (Å²) in [4.78, 5) is 12.2. The zero-order valence-corrected chi connectivity index (χ0v) is 13.3. The Morgan fingerprint density at radius 1 is 1.18 bits per heavy atom. The molecule has 0 atom stereocenters. The molecule has 0 unspecified atom stereocenters. The van der Waals surface area contributed by atoms with Crippen LogP contribution >= 0.6 is 11.8 Å². The lowest BCUT2D eigenvalue weighted by molar-refractivity contribution is -0.140. The third-order valence-corrected chi connectivity index (χ3v) is 4.41. The van der Waals surface area contributed by atoms with Gasteiger partial charge in [0.25, 0.3) is 0 Å². The van der Waals surface area contributed by atoms with Crippen molar-refractivity contribution in [1.82, 2.24) is 0 Å². The molecule has 2 aromatic carbocycles. The Labute approximate surface area is 134 Å². The highest BCUT2D eigenvalue weighted by molar-refractivity contribution is 8.00. The number of carbonyl (C=O) groups is 1. The first kappa shape index (κ1) is 16.4. The molecule has 22 heavy (non-hydrogen) atoms. The summed E-state index contributed by atoms with van der Waals surface area (Å²) in [5, 5.41) is 14.8. The van der Waals surface area contributed by atoms with Gasteiger partial charge in [-0.3, -0.25) is 4.79 Å². The van der Waals surface area contributed by atoms with E-state index in [0.29, 0.717) is 30.7 Å². The van der Waals surface area contributed by atoms with Crippen molar-refractivity contribution in [2.24, 2.45) is 5.16 Å². The number of hydrogen-bond acceptors (Lipinski definition) is 5. The summed E-state index contributed by atoms with van der Waals surface area (Å²) in [5.41, 5.74) is 0.682. The van der Waals surface area contributed by atoms with Crippen molar-refractivity contribution in [3.63, 3.8) is 0 Å². The molecule has 0 saturated heterocycles. The maximum atomic E-state index is 11.1. The van der Waals surface area contributed by atoms with Gasteiger partial charge in [0.15, 0.2) is 0 Å². The van der Waals surface area contributed by atoms with Crippen molar-refractivity contribution < 1.29 is 14.7 Å². The van der Waals surface area contributed by atoms with Gasteiger partial charge in [0.2, 0.25) is 0 Å². The predicted molar refractivity (Wildman–Crippen MR) is 89.8 cm³/mol. The van der Waals surface area contributed by atoms with Gasteiger partial charge in [-0.25, -0.2) is 0 Å². The van der Waals surface area contributed by atoms with Crippen molar-refractivity contribution in [2.75, 3.05) is 12.9 Å². The lowest BCUT2D eigenvalue weighted by Gasteiger charge is -2.06. The van der Waals surface area contributed by atoms with Gasteiger partial charge in [-0.1, -0.05) is 35.5 Å². The number of oxime groups is 1. The Hall–Kier alpha value is -2.01. The highest BCUT2D eigenvalue weighted by Crippen LogP contribution is 2.24. The van der Waals surface area contributed by atoms with Crippen LogP contribution in [0.25, 0.3) is 10.8 Å². The Morgan fingerprint density at radius 3 is 2.68 bits per heavy atom. The molecule has 0 saturated carbocycles. The molecule has 2 aromatic rings. The topological polar surface area (TPSA) is 58.9 Å². The molecule has 0 fully saturated rings. The van der Waals surface area contributed by atoms with Crippen LogP contribution in [-0.2, 0) is 9.53 Å². The summed E-state index contributed by atoms with van der Waals surface area (Å²) in [5.74, 6) is 0.371. The molecule has 4 nitrogen and oxygen atoms in total. The van der Waals surface area contributed by atoms with Crippen LogP contribution in [0.5, 0.6) is 0 Å². The number of carbonyl (C=O) groups excluding carboxylic acids is 1. The molecule has 0 aliphatic carbocycles. The summed E-state index contributed by atoms with van der Waals surface area (Å²) in [6.07, 6.45) is 1.56. The van der Waals surface area contributed by atoms with E-state index in [2.05, 4.69) is 40.2 Å². The number of hydrogen-bond donors (Lipinski definition) is 1. The van der Waals surface area contributed by atoms with Gasteiger partial charge in [0.1, 0.15) is 0 Å². The zero-order chi connectivity index (χ0) is 15.8. The summed E-state index contributed by atoms with van der Waals surface area (Å²) >= 11 is 1.63. The third-order valence-electron chi connectivity index (χ3n) is 3.34. The Bertz CT molecular complexity index is 670. The second kappa shape index (κ2) is 8.44. The van der Waals surface area contributed by atoms with E-state index in [4.69, 9.17) is 5.21 Å². The number of benzene rings is 2. The normalized spacial score (nSPS) is 11.6. The van der Waals surface area contributed by atoms with Crippen LogP contribution in [0.3, 0.4) is 0 Å². The number of rotatable bonds is 7. The molecule has 116 valence electrons. The second-order valence-corrected chi connectivity index (χ2v) is 5.94. The van der Waals surface area contributed by atoms with Crippen molar-refractivity contribution in [1.29, 1.82) is 0 Å². The molecule has 0 spiro atoms. The lowest BCUT2D eigenvalue weighted by atomic mass is 10.1. The van der Waals surface area contributed by atoms with Crippen LogP contribution in [0.4, 0.5) is 0 Å². The Balaban J connectivity index is 1.87. The molecule has 0 aliphatic heterocycles. The van der Waals surface area contributed by atoms with Gasteiger partial charge < -0.3 is 9.94 Å². The number of fused-ring (bicyclic) bond motifs is 1. The van der Waals surface area contributed by atoms with Crippen LogP contribution in [0, 0.1) is 0 Å². The molecule has 0 aliphatic rings. The minimum Gasteiger partial charge on any atom is -0.469 e. The van der Waals surface area contributed by atoms with E-state index >= 15 is 0 Å². The van der Waals surface area contributed by atoms with E-state index in [-0.39, 0.29) is 5.97 Å². The van der Waals surface area contributed by atoms with Crippen molar-refractivity contribution in [3.05, 3.63) is 42.5 Å². The van der Waals surface area contributed by atoms with E-state index in [1.54, 1.807) is 11.8 Å². The summed E-state index contributed by atoms with van der Waals surface area (Å²) in [6.45, 7) is 0. The highest BCUT2D eigenvalue weighted by Gasteiger charge is 2.06. The fourth-order valence-corrected chi connectivity index (χ4v) is 3.02. The largest absolute Gasteiger partial charge is 0.469 e. The molecule has 0 amide bonds. The zero-order valence-electron chi connectivity index (χ0n) is 12.5.